The summed E-state index contributed by atoms with van der Waals surface area (Å²) in [5.41, 5.74) is 5.62. The molecule has 0 aliphatic rings. The van der Waals surface area contributed by atoms with Gasteiger partial charge in [0, 0.05) is 35.5 Å². The van der Waals surface area contributed by atoms with E-state index in [2.05, 4.69) is 16.1 Å². The summed E-state index contributed by atoms with van der Waals surface area (Å²) < 4.78 is 15.1. The SMILES string of the molecule is CCn1ncc2c(-c3cncc(C)c3)cc(-c3ccc(F)cc3)nc21. The maximum absolute atomic E-state index is 13.3. The summed E-state index contributed by atoms with van der Waals surface area (Å²) in [6, 6.07) is 10.5. The molecule has 124 valence electrons. The highest BCUT2D eigenvalue weighted by Gasteiger charge is 2.14. The molecule has 3 aromatic heterocycles. The maximum atomic E-state index is 13.3. The molecule has 4 aromatic rings. The first kappa shape index (κ1) is 15.4. The summed E-state index contributed by atoms with van der Waals surface area (Å²) >= 11 is 0. The zero-order valence-electron chi connectivity index (χ0n) is 14.1. The Kier molecular flexibility index (Phi) is 3.76. The van der Waals surface area contributed by atoms with Crippen molar-refractivity contribution in [3.63, 3.8) is 0 Å². The van der Waals surface area contributed by atoms with Gasteiger partial charge in [-0.25, -0.2) is 14.1 Å². The molecule has 0 N–H and O–H groups in total. The second kappa shape index (κ2) is 6.09. The number of fused-ring (bicyclic) bond motifs is 1. The van der Waals surface area contributed by atoms with Crippen molar-refractivity contribution < 1.29 is 4.39 Å². The predicted octanol–water partition coefficient (Wildman–Crippen LogP) is 4.63. The highest BCUT2D eigenvalue weighted by atomic mass is 19.1. The van der Waals surface area contributed by atoms with E-state index in [1.807, 2.05) is 43.2 Å². The first-order chi connectivity index (χ1) is 12.2. The zero-order valence-corrected chi connectivity index (χ0v) is 14.1. The van der Waals surface area contributed by atoms with Crippen molar-refractivity contribution in [1.82, 2.24) is 19.7 Å². The van der Waals surface area contributed by atoms with Gasteiger partial charge in [-0.3, -0.25) is 4.98 Å². The van der Waals surface area contributed by atoms with Crippen LogP contribution in [-0.2, 0) is 6.54 Å². The largest absolute Gasteiger partial charge is 0.264 e. The van der Waals surface area contributed by atoms with Crippen LogP contribution in [0, 0.1) is 12.7 Å². The Labute approximate surface area is 145 Å². The van der Waals surface area contributed by atoms with Gasteiger partial charge in [0.1, 0.15) is 5.82 Å². The molecule has 3 heterocycles. The van der Waals surface area contributed by atoms with Gasteiger partial charge >= 0.3 is 0 Å². The van der Waals surface area contributed by atoms with Crippen LogP contribution in [0.25, 0.3) is 33.4 Å². The lowest BCUT2D eigenvalue weighted by Gasteiger charge is -2.09. The van der Waals surface area contributed by atoms with Gasteiger partial charge in [-0.05, 0) is 61.4 Å². The lowest BCUT2D eigenvalue weighted by molar-refractivity contribution is 0.628. The van der Waals surface area contributed by atoms with Gasteiger partial charge in [0.05, 0.1) is 11.9 Å². The van der Waals surface area contributed by atoms with E-state index in [-0.39, 0.29) is 5.82 Å². The van der Waals surface area contributed by atoms with E-state index in [1.54, 1.807) is 12.1 Å². The van der Waals surface area contributed by atoms with Crippen molar-refractivity contribution >= 4 is 11.0 Å². The monoisotopic (exact) mass is 332 g/mol. The summed E-state index contributed by atoms with van der Waals surface area (Å²) in [5.74, 6) is -0.258. The van der Waals surface area contributed by atoms with Gasteiger partial charge in [0.15, 0.2) is 5.65 Å². The third-order valence-corrected chi connectivity index (χ3v) is 4.23. The van der Waals surface area contributed by atoms with Gasteiger partial charge in [0.2, 0.25) is 0 Å². The summed E-state index contributed by atoms with van der Waals surface area (Å²) in [5, 5.41) is 5.43. The van der Waals surface area contributed by atoms with Crippen LogP contribution in [-0.4, -0.2) is 19.7 Å². The van der Waals surface area contributed by atoms with Gasteiger partial charge in [-0.15, -0.1) is 0 Å². The summed E-state index contributed by atoms with van der Waals surface area (Å²) in [4.78, 5) is 9.08. The molecule has 0 aliphatic heterocycles. The summed E-state index contributed by atoms with van der Waals surface area (Å²) in [6.07, 6.45) is 5.52. The van der Waals surface area contributed by atoms with Gasteiger partial charge < -0.3 is 0 Å². The van der Waals surface area contributed by atoms with Crippen LogP contribution in [0.3, 0.4) is 0 Å². The third kappa shape index (κ3) is 2.78. The van der Waals surface area contributed by atoms with Crippen molar-refractivity contribution in [2.24, 2.45) is 0 Å². The molecule has 0 unspecified atom stereocenters. The molecular formula is C20H17FN4. The van der Waals surface area contributed by atoms with Crippen molar-refractivity contribution in [3.05, 3.63) is 66.4 Å². The smallest absolute Gasteiger partial charge is 0.159 e. The van der Waals surface area contributed by atoms with E-state index < -0.39 is 0 Å². The van der Waals surface area contributed by atoms with Crippen molar-refractivity contribution in [1.29, 1.82) is 0 Å². The van der Waals surface area contributed by atoms with Crippen LogP contribution in [0.5, 0.6) is 0 Å². The van der Waals surface area contributed by atoms with E-state index in [0.29, 0.717) is 0 Å². The number of hydrogen-bond donors (Lipinski definition) is 0. The van der Waals surface area contributed by atoms with Crippen LogP contribution >= 0.6 is 0 Å². The zero-order chi connectivity index (χ0) is 17.4. The molecule has 4 nitrogen and oxygen atoms in total. The first-order valence-electron chi connectivity index (χ1n) is 8.20. The molecule has 0 atom stereocenters. The highest BCUT2D eigenvalue weighted by molar-refractivity contribution is 5.94. The fourth-order valence-electron chi connectivity index (χ4n) is 2.99. The third-order valence-electron chi connectivity index (χ3n) is 4.23. The number of pyridine rings is 2. The topological polar surface area (TPSA) is 43.6 Å². The number of nitrogens with zero attached hydrogens (tertiary/aromatic N) is 4. The fraction of sp³-hybridized carbons (Fsp3) is 0.150. The Hall–Kier alpha value is -3.08. The van der Waals surface area contributed by atoms with E-state index >= 15 is 0 Å². The molecule has 25 heavy (non-hydrogen) atoms. The quantitative estimate of drug-likeness (QED) is 0.549. The second-order valence-corrected chi connectivity index (χ2v) is 6.01. The number of rotatable bonds is 3. The minimum Gasteiger partial charge on any atom is -0.264 e. The van der Waals surface area contributed by atoms with Crippen LogP contribution < -0.4 is 0 Å². The van der Waals surface area contributed by atoms with E-state index in [0.717, 1.165) is 45.5 Å². The molecule has 0 saturated carbocycles. The molecule has 0 bridgehead atoms. The Balaban J connectivity index is 2.00. The Bertz CT molecular complexity index is 1050. The predicted molar refractivity (Wildman–Crippen MR) is 96.6 cm³/mol. The first-order valence-corrected chi connectivity index (χ1v) is 8.20. The summed E-state index contributed by atoms with van der Waals surface area (Å²) in [6.45, 7) is 4.78. The minimum absolute atomic E-state index is 0.258. The van der Waals surface area contributed by atoms with Crippen LogP contribution in [0.2, 0.25) is 0 Å². The van der Waals surface area contributed by atoms with Crippen LogP contribution in [0.4, 0.5) is 4.39 Å². The standard InChI is InChI=1S/C20H17FN4/c1-3-25-20-18(12-23-25)17(15-8-13(2)10-22-11-15)9-19(24-20)14-4-6-16(21)7-5-14/h4-12H,3H2,1-2H3. The van der Waals surface area contributed by atoms with Crippen LogP contribution in [0.1, 0.15) is 12.5 Å². The Morgan fingerprint density at radius 1 is 1.00 bits per heavy atom. The van der Waals surface area contributed by atoms with E-state index in [9.17, 15) is 4.39 Å². The van der Waals surface area contributed by atoms with Gasteiger partial charge in [0.25, 0.3) is 0 Å². The molecule has 4 rings (SSSR count). The highest BCUT2D eigenvalue weighted by Crippen LogP contribution is 2.32. The lowest BCUT2D eigenvalue weighted by Crippen LogP contribution is -1.99. The number of hydrogen-bond acceptors (Lipinski definition) is 3. The number of halogens is 1. The molecule has 0 spiro atoms. The van der Waals surface area contributed by atoms with Crippen molar-refractivity contribution in [2.75, 3.05) is 0 Å². The van der Waals surface area contributed by atoms with Gasteiger partial charge in [-0.2, -0.15) is 5.10 Å². The molecule has 0 radical (unpaired) electrons. The van der Waals surface area contributed by atoms with Crippen molar-refractivity contribution in [2.45, 2.75) is 20.4 Å². The molecular weight excluding hydrogens is 315 g/mol. The molecule has 0 aliphatic carbocycles. The minimum atomic E-state index is -0.258. The normalized spacial score (nSPS) is 11.2. The van der Waals surface area contributed by atoms with E-state index in [1.165, 1.54) is 12.1 Å². The summed E-state index contributed by atoms with van der Waals surface area (Å²) in [7, 11) is 0. The number of aromatic nitrogens is 4. The Morgan fingerprint density at radius 2 is 1.80 bits per heavy atom. The molecule has 5 heteroatoms. The average molecular weight is 332 g/mol. The van der Waals surface area contributed by atoms with Gasteiger partial charge in [-0.1, -0.05) is 0 Å². The molecule has 0 amide bonds. The van der Waals surface area contributed by atoms with Crippen molar-refractivity contribution in [3.8, 4) is 22.4 Å². The average Bonchev–Trinajstić information content (AvgIpc) is 3.04. The second-order valence-electron chi connectivity index (χ2n) is 6.01. The maximum Gasteiger partial charge on any atom is 0.159 e. The van der Waals surface area contributed by atoms with E-state index in [4.69, 9.17) is 4.98 Å². The number of aryl methyl sites for hydroxylation is 2. The molecule has 0 saturated heterocycles. The van der Waals surface area contributed by atoms with Crippen LogP contribution in [0.15, 0.2) is 55.0 Å². The molecule has 0 fully saturated rings. The lowest BCUT2D eigenvalue weighted by atomic mass is 10.0. The fourth-order valence-corrected chi connectivity index (χ4v) is 2.99. The number of benzene rings is 1. The Morgan fingerprint density at radius 3 is 2.52 bits per heavy atom. The molecule has 1 aromatic carbocycles.